The van der Waals surface area contributed by atoms with Crippen LogP contribution in [0, 0.1) is 11.6 Å². The summed E-state index contributed by atoms with van der Waals surface area (Å²) in [6.07, 6.45) is 1.98. The number of carbonyl (C=O) groups excluding carboxylic acids is 1. The van der Waals surface area contributed by atoms with E-state index in [9.17, 15) is 13.6 Å². The molecule has 0 amide bonds. The Labute approximate surface area is 119 Å². The summed E-state index contributed by atoms with van der Waals surface area (Å²) in [5.41, 5.74) is 2.34. The van der Waals surface area contributed by atoms with E-state index >= 15 is 0 Å². The lowest BCUT2D eigenvalue weighted by molar-refractivity contribution is 0.104. The maximum Gasteiger partial charge on any atom is 0.189 e. The summed E-state index contributed by atoms with van der Waals surface area (Å²) in [7, 11) is 0. The second kappa shape index (κ2) is 4.84. The van der Waals surface area contributed by atoms with Crippen molar-refractivity contribution in [2.24, 2.45) is 0 Å². The minimum Gasteiger partial charge on any atom is -0.289 e. The number of Topliss-reactive ketones (excluding diaryl/α,β-unsaturated/α-hetero) is 1. The van der Waals surface area contributed by atoms with E-state index < -0.39 is 11.6 Å². The van der Waals surface area contributed by atoms with Gasteiger partial charge >= 0.3 is 0 Å². The van der Waals surface area contributed by atoms with Crippen LogP contribution in [0.15, 0.2) is 42.0 Å². The lowest BCUT2D eigenvalue weighted by Gasteiger charge is -1.98. The molecule has 0 N–H and O–H groups in total. The Morgan fingerprint density at radius 3 is 2.60 bits per heavy atom. The van der Waals surface area contributed by atoms with E-state index in [2.05, 4.69) is 0 Å². The van der Waals surface area contributed by atoms with Gasteiger partial charge in [0.2, 0.25) is 0 Å². The first-order valence-electron chi connectivity index (χ1n) is 6.04. The van der Waals surface area contributed by atoms with Crippen molar-refractivity contribution in [2.45, 2.75) is 6.42 Å². The zero-order valence-corrected chi connectivity index (χ0v) is 11.0. The van der Waals surface area contributed by atoms with Crippen molar-refractivity contribution in [3.63, 3.8) is 0 Å². The average Bonchev–Trinajstić information content (AvgIpc) is 2.73. The van der Waals surface area contributed by atoms with Crippen LogP contribution in [0.5, 0.6) is 0 Å². The number of fused-ring (bicyclic) bond motifs is 1. The molecule has 0 saturated carbocycles. The number of halogens is 3. The molecule has 0 aromatic heterocycles. The fourth-order valence-electron chi connectivity index (χ4n) is 2.31. The molecule has 0 aliphatic heterocycles. The van der Waals surface area contributed by atoms with Crippen molar-refractivity contribution in [2.75, 3.05) is 0 Å². The summed E-state index contributed by atoms with van der Waals surface area (Å²) in [4.78, 5) is 12.2. The molecule has 2 aromatic rings. The lowest BCUT2D eigenvalue weighted by atomic mass is 10.1. The maximum atomic E-state index is 13.2. The van der Waals surface area contributed by atoms with Crippen LogP contribution in [0.1, 0.15) is 21.5 Å². The average molecular weight is 291 g/mol. The van der Waals surface area contributed by atoms with Crippen molar-refractivity contribution < 1.29 is 13.6 Å². The molecule has 1 aliphatic carbocycles. The number of hydrogen-bond donors (Lipinski definition) is 0. The van der Waals surface area contributed by atoms with Gasteiger partial charge in [-0.15, -0.1) is 0 Å². The molecular weight excluding hydrogens is 282 g/mol. The van der Waals surface area contributed by atoms with Gasteiger partial charge in [0.05, 0.1) is 0 Å². The summed E-state index contributed by atoms with van der Waals surface area (Å²) in [5, 5.41) is 0.546. The first-order valence-corrected chi connectivity index (χ1v) is 6.42. The third kappa shape index (κ3) is 2.14. The van der Waals surface area contributed by atoms with Crippen LogP contribution in [-0.4, -0.2) is 5.78 Å². The van der Waals surface area contributed by atoms with Crippen LogP contribution in [0.25, 0.3) is 6.08 Å². The number of hydrogen-bond acceptors (Lipinski definition) is 1. The van der Waals surface area contributed by atoms with Gasteiger partial charge in [0, 0.05) is 22.6 Å². The topological polar surface area (TPSA) is 17.1 Å². The van der Waals surface area contributed by atoms with Crippen LogP contribution in [0.2, 0.25) is 5.02 Å². The second-order valence-corrected chi connectivity index (χ2v) is 5.02. The van der Waals surface area contributed by atoms with E-state index in [1.54, 1.807) is 24.3 Å². The van der Waals surface area contributed by atoms with E-state index in [1.165, 1.54) is 6.07 Å². The monoisotopic (exact) mass is 290 g/mol. The summed E-state index contributed by atoms with van der Waals surface area (Å²) in [6.45, 7) is 0. The molecule has 0 radical (unpaired) electrons. The fraction of sp³-hybridized carbons (Fsp3) is 0.0625. The highest BCUT2D eigenvalue weighted by Gasteiger charge is 2.26. The maximum absolute atomic E-state index is 13.2. The predicted molar refractivity (Wildman–Crippen MR) is 73.8 cm³/mol. The standard InChI is InChI=1S/C16H9ClF2O/c17-13-3-1-2-11-12(13)8-10(16(11)20)6-9-4-5-14(18)15(19)7-9/h1-7H,8H2. The number of ketones is 1. The highest BCUT2D eigenvalue weighted by atomic mass is 35.5. The van der Waals surface area contributed by atoms with Gasteiger partial charge in [-0.05, 0) is 35.4 Å². The quantitative estimate of drug-likeness (QED) is 0.710. The van der Waals surface area contributed by atoms with Crippen LogP contribution >= 0.6 is 11.6 Å². The molecule has 1 aliphatic rings. The van der Waals surface area contributed by atoms with Gasteiger partial charge in [0.15, 0.2) is 17.4 Å². The smallest absolute Gasteiger partial charge is 0.189 e. The van der Waals surface area contributed by atoms with Gasteiger partial charge in [0.1, 0.15) is 0 Å². The first-order chi connectivity index (χ1) is 9.56. The Kier molecular flexibility index (Phi) is 3.14. The molecule has 0 unspecified atom stereocenters. The van der Waals surface area contributed by atoms with Crippen molar-refractivity contribution in [3.8, 4) is 0 Å². The van der Waals surface area contributed by atoms with Crippen molar-refractivity contribution in [3.05, 3.63) is 75.3 Å². The van der Waals surface area contributed by atoms with Gasteiger partial charge in [-0.25, -0.2) is 8.78 Å². The van der Waals surface area contributed by atoms with Gasteiger partial charge in [-0.1, -0.05) is 29.8 Å². The summed E-state index contributed by atoms with van der Waals surface area (Å²) < 4.78 is 26.0. The zero-order chi connectivity index (χ0) is 14.3. The number of rotatable bonds is 1. The highest BCUT2D eigenvalue weighted by Crippen LogP contribution is 2.32. The molecule has 0 atom stereocenters. The third-order valence-corrected chi connectivity index (χ3v) is 3.66. The highest BCUT2D eigenvalue weighted by molar-refractivity contribution is 6.33. The van der Waals surface area contributed by atoms with E-state index in [0.29, 0.717) is 28.1 Å². The van der Waals surface area contributed by atoms with Crippen molar-refractivity contribution >= 4 is 23.5 Å². The molecule has 100 valence electrons. The van der Waals surface area contributed by atoms with Crippen LogP contribution in [-0.2, 0) is 6.42 Å². The van der Waals surface area contributed by atoms with E-state index in [-0.39, 0.29) is 5.78 Å². The van der Waals surface area contributed by atoms with E-state index in [4.69, 9.17) is 11.6 Å². The first kappa shape index (κ1) is 13.0. The van der Waals surface area contributed by atoms with Gasteiger partial charge in [0.25, 0.3) is 0 Å². The van der Waals surface area contributed by atoms with Crippen LogP contribution in [0.4, 0.5) is 8.78 Å². The Morgan fingerprint density at radius 2 is 1.90 bits per heavy atom. The summed E-state index contributed by atoms with van der Waals surface area (Å²) in [5.74, 6) is -1.95. The van der Waals surface area contributed by atoms with Gasteiger partial charge in [-0.3, -0.25) is 4.79 Å². The SMILES string of the molecule is O=C1C(=Cc2ccc(F)c(F)c2)Cc2c(Cl)cccc21. The fourth-order valence-corrected chi connectivity index (χ4v) is 2.56. The molecule has 3 rings (SSSR count). The molecule has 2 aromatic carbocycles. The molecule has 1 nitrogen and oxygen atoms in total. The molecule has 0 saturated heterocycles. The molecule has 0 fully saturated rings. The van der Waals surface area contributed by atoms with Crippen LogP contribution in [0.3, 0.4) is 0 Å². The third-order valence-electron chi connectivity index (χ3n) is 3.31. The molecule has 20 heavy (non-hydrogen) atoms. The second-order valence-electron chi connectivity index (χ2n) is 4.61. The van der Waals surface area contributed by atoms with E-state index in [0.717, 1.165) is 17.7 Å². The number of carbonyl (C=O) groups is 1. The van der Waals surface area contributed by atoms with Crippen molar-refractivity contribution in [1.29, 1.82) is 0 Å². The van der Waals surface area contributed by atoms with E-state index in [1.807, 2.05) is 0 Å². The molecular formula is C16H9ClF2O. The zero-order valence-electron chi connectivity index (χ0n) is 10.3. The van der Waals surface area contributed by atoms with Crippen LogP contribution < -0.4 is 0 Å². The molecule has 0 spiro atoms. The van der Waals surface area contributed by atoms with Gasteiger partial charge < -0.3 is 0 Å². The lowest BCUT2D eigenvalue weighted by Crippen LogP contribution is -1.95. The normalized spacial score (nSPS) is 15.8. The largest absolute Gasteiger partial charge is 0.289 e. The van der Waals surface area contributed by atoms with Gasteiger partial charge in [-0.2, -0.15) is 0 Å². The Balaban J connectivity index is 2.01. The molecule has 0 heterocycles. The number of allylic oxidation sites excluding steroid dienone is 1. The Hall–Kier alpha value is -2.00. The molecule has 0 bridgehead atoms. The minimum atomic E-state index is -0.930. The summed E-state index contributed by atoms with van der Waals surface area (Å²) >= 11 is 6.06. The van der Waals surface area contributed by atoms with Crippen molar-refractivity contribution in [1.82, 2.24) is 0 Å². The number of benzene rings is 2. The molecule has 4 heteroatoms. The Bertz CT molecular complexity index is 750. The Morgan fingerprint density at radius 1 is 1.10 bits per heavy atom. The summed E-state index contributed by atoms with van der Waals surface area (Å²) in [6, 6.07) is 8.72. The minimum absolute atomic E-state index is 0.118. The predicted octanol–water partition coefficient (Wildman–Crippen LogP) is 4.44.